The predicted octanol–water partition coefficient (Wildman–Crippen LogP) is 5.92. The van der Waals surface area contributed by atoms with Crippen molar-refractivity contribution in [3.8, 4) is 5.75 Å². The van der Waals surface area contributed by atoms with Crippen LogP contribution in [0.25, 0.3) is 10.2 Å². The number of anilines is 3. The van der Waals surface area contributed by atoms with Crippen LogP contribution in [0.4, 0.5) is 21.3 Å². The van der Waals surface area contributed by atoms with E-state index in [1.807, 2.05) is 42.5 Å². The van der Waals surface area contributed by atoms with Crippen molar-refractivity contribution >= 4 is 55.7 Å². The number of carbonyl (C=O) groups is 1. The molecule has 8 nitrogen and oxygen atoms in total. The molecule has 1 aliphatic rings. The van der Waals surface area contributed by atoms with Crippen LogP contribution < -0.4 is 20.7 Å². The SMILES string of the molecule is O=C(Nc1ccc(Cl)cc1)Nc1ccc(CNc2nc3ccc(OCCN4CCOCC4)cc3s2)cc1. The Morgan fingerprint density at radius 3 is 2.43 bits per heavy atom. The Labute approximate surface area is 224 Å². The maximum atomic E-state index is 12.2. The van der Waals surface area contributed by atoms with Crippen LogP contribution in [-0.2, 0) is 11.3 Å². The number of amides is 2. The molecule has 0 spiro atoms. The quantitative estimate of drug-likeness (QED) is 0.246. The Morgan fingerprint density at radius 2 is 1.70 bits per heavy atom. The Balaban J connectivity index is 1.09. The molecule has 4 aromatic rings. The summed E-state index contributed by atoms with van der Waals surface area (Å²) < 4.78 is 12.4. The van der Waals surface area contributed by atoms with E-state index in [1.54, 1.807) is 35.6 Å². The van der Waals surface area contributed by atoms with Gasteiger partial charge in [-0.1, -0.05) is 35.1 Å². The number of urea groups is 1. The fourth-order valence-corrected chi connectivity index (χ4v) is 4.91. The normalized spacial score (nSPS) is 13.9. The third-order valence-corrected chi connectivity index (χ3v) is 7.13. The Kier molecular flexibility index (Phi) is 8.37. The molecule has 0 atom stereocenters. The standard InChI is InChI=1S/C27H28ClN5O3S/c28-20-3-7-22(8-4-20)31-26(34)30-21-5-1-19(2-6-21)18-29-27-32-24-10-9-23(17-25(24)37-27)36-16-13-33-11-14-35-15-12-33/h1-10,17H,11-16,18H2,(H,29,32)(H2,30,31,34). The Morgan fingerprint density at radius 1 is 1.00 bits per heavy atom. The van der Waals surface area contributed by atoms with Crippen LogP contribution in [0.15, 0.2) is 66.7 Å². The second-order valence-corrected chi connectivity index (χ2v) is 10.1. The highest BCUT2D eigenvalue weighted by atomic mass is 35.5. The molecule has 0 bridgehead atoms. The van der Waals surface area contributed by atoms with Crippen molar-refractivity contribution in [1.82, 2.24) is 9.88 Å². The van der Waals surface area contributed by atoms with E-state index in [0.29, 0.717) is 29.5 Å². The van der Waals surface area contributed by atoms with Crippen molar-refractivity contribution in [3.63, 3.8) is 0 Å². The van der Waals surface area contributed by atoms with Gasteiger partial charge < -0.3 is 25.4 Å². The molecule has 1 aliphatic heterocycles. The van der Waals surface area contributed by atoms with E-state index in [9.17, 15) is 4.79 Å². The summed E-state index contributed by atoms with van der Waals surface area (Å²) in [5.41, 5.74) is 3.40. The minimum absolute atomic E-state index is 0.313. The van der Waals surface area contributed by atoms with E-state index in [0.717, 1.165) is 59.5 Å². The lowest BCUT2D eigenvalue weighted by Gasteiger charge is -2.26. The second-order valence-electron chi connectivity index (χ2n) is 8.59. The van der Waals surface area contributed by atoms with Gasteiger partial charge in [-0.15, -0.1) is 0 Å². The summed E-state index contributed by atoms with van der Waals surface area (Å²) >= 11 is 7.48. The number of fused-ring (bicyclic) bond motifs is 1. The van der Waals surface area contributed by atoms with E-state index in [-0.39, 0.29) is 6.03 Å². The zero-order chi connectivity index (χ0) is 25.5. The molecule has 0 saturated carbocycles. The largest absolute Gasteiger partial charge is 0.492 e. The molecule has 2 amide bonds. The minimum Gasteiger partial charge on any atom is -0.492 e. The molecule has 5 rings (SSSR count). The zero-order valence-electron chi connectivity index (χ0n) is 20.2. The fraction of sp³-hybridized carbons (Fsp3) is 0.259. The Bertz CT molecular complexity index is 1320. The number of halogens is 1. The molecule has 37 heavy (non-hydrogen) atoms. The molecule has 1 saturated heterocycles. The van der Waals surface area contributed by atoms with Crippen LogP contribution in [-0.4, -0.2) is 55.4 Å². The number of hydrogen-bond donors (Lipinski definition) is 3. The summed E-state index contributed by atoms with van der Waals surface area (Å²) in [4.78, 5) is 19.3. The highest BCUT2D eigenvalue weighted by Crippen LogP contribution is 2.29. The number of thiazole rings is 1. The number of hydrogen-bond acceptors (Lipinski definition) is 7. The van der Waals surface area contributed by atoms with Crippen molar-refractivity contribution in [3.05, 3.63) is 77.3 Å². The van der Waals surface area contributed by atoms with Crippen molar-refractivity contribution < 1.29 is 14.3 Å². The van der Waals surface area contributed by atoms with E-state index in [2.05, 4.69) is 25.8 Å². The lowest BCUT2D eigenvalue weighted by Crippen LogP contribution is -2.38. The molecular weight excluding hydrogens is 510 g/mol. The molecule has 0 unspecified atom stereocenters. The maximum Gasteiger partial charge on any atom is 0.323 e. The number of benzene rings is 3. The van der Waals surface area contributed by atoms with Gasteiger partial charge in [0, 0.05) is 42.6 Å². The first-order valence-corrected chi connectivity index (χ1v) is 13.3. The van der Waals surface area contributed by atoms with Crippen molar-refractivity contribution in [2.24, 2.45) is 0 Å². The van der Waals surface area contributed by atoms with Crippen LogP contribution in [0, 0.1) is 0 Å². The van der Waals surface area contributed by atoms with Crippen LogP contribution in [0.3, 0.4) is 0 Å². The first-order valence-electron chi connectivity index (χ1n) is 12.1. The van der Waals surface area contributed by atoms with Gasteiger partial charge in [0.1, 0.15) is 12.4 Å². The lowest BCUT2D eigenvalue weighted by molar-refractivity contribution is 0.0322. The first kappa shape index (κ1) is 25.3. The fourth-order valence-electron chi connectivity index (χ4n) is 3.90. The summed E-state index contributed by atoms with van der Waals surface area (Å²) in [5.74, 6) is 0.860. The zero-order valence-corrected chi connectivity index (χ0v) is 21.8. The van der Waals surface area contributed by atoms with Gasteiger partial charge in [0.15, 0.2) is 5.13 Å². The van der Waals surface area contributed by atoms with Crippen LogP contribution in [0.5, 0.6) is 5.75 Å². The van der Waals surface area contributed by atoms with Gasteiger partial charge in [-0.05, 0) is 60.2 Å². The van der Waals surface area contributed by atoms with E-state index >= 15 is 0 Å². The molecule has 2 heterocycles. The summed E-state index contributed by atoms with van der Waals surface area (Å²) in [6.07, 6.45) is 0. The van der Waals surface area contributed by atoms with Gasteiger partial charge in [-0.3, -0.25) is 4.90 Å². The van der Waals surface area contributed by atoms with Gasteiger partial charge in [-0.2, -0.15) is 0 Å². The number of morpholine rings is 1. The third-order valence-electron chi connectivity index (χ3n) is 5.90. The van der Waals surface area contributed by atoms with E-state index in [1.165, 1.54) is 0 Å². The number of aromatic nitrogens is 1. The monoisotopic (exact) mass is 537 g/mol. The van der Waals surface area contributed by atoms with E-state index in [4.69, 9.17) is 21.1 Å². The number of rotatable bonds is 9. The van der Waals surface area contributed by atoms with Crippen LogP contribution >= 0.6 is 22.9 Å². The highest BCUT2D eigenvalue weighted by Gasteiger charge is 2.11. The number of ether oxygens (including phenoxy) is 2. The molecule has 10 heteroatoms. The summed E-state index contributed by atoms with van der Waals surface area (Å²) in [7, 11) is 0. The Hall–Kier alpha value is -3.37. The van der Waals surface area contributed by atoms with E-state index < -0.39 is 0 Å². The number of nitrogens with zero attached hydrogens (tertiary/aromatic N) is 2. The third kappa shape index (κ3) is 7.33. The molecule has 3 aromatic carbocycles. The van der Waals surface area contributed by atoms with Gasteiger partial charge >= 0.3 is 6.03 Å². The van der Waals surface area contributed by atoms with Crippen molar-refractivity contribution in [2.45, 2.75) is 6.54 Å². The van der Waals surface area contributed by atoms with Crippen molar-refractivity contribution in [2.75, 3.05) is 55.4 Å². The lowest BCUT2D eigenvalue weighted by atomic mass is 10.2. The first-order chi connectivity index (χ1) is 18.1. The maximum absolute atomic E-state index is 12.2. The number of nitrogens with one attached hydrogen (secondary N) is 3. The molecule has 1 aromatic heterocycles. The molecule has 0 radical (unpaired) electrons. The van der Waals surface area contributed by atoms with Crippen molar-refractivity contribution in [1.29, 1.82) is 0 Å². The summed E-state index contributed by atoms with van der Waals surface area (Å²) in [6, 6.07) is 20.3. The van der Waals surface area contributed by atoms with Crippen LogP contribution in [0.1, 0.15) is 5.56 Å². The van der Waals surface area contributed by atoms with Gasteiger partial charge in [0.25, 0.3) is 0 Å². The molecule has 1 fully saturated rings. The van der Waals surface area contributed by atoms with Gasteiger partial charge in [0.05, 0.1) is 23.4 Å². The average molecular weight is 538 g/mol. The average Bonchev–Trinajstić information content (AvgIpc) is 3.32. The predicted molar refractivity (Wildman–Crippen MR) is 150 cm³/mol. The molecule has 3 N–H and O–H groups in total. The topological polar surface area (TPSA) is 87.8 Å². The summed E-state index contributed by atoms with van der Waals surface area (Å²) in [6.45, 7) is 5.70. The van der Waals surface area contributed by atoms with Crippen LogP contribution in [0.2, 0.25) is 5.02 Å². The van der Waals surface area contributed by atoms with Gasteiger partial charge in [0.2, 0.25) is 0 Å². The van der Waals surface area contributed by atoms with Gasteiger partial charge in [-0.25, -0.2) is 9.78 Å². The molecule has 0 aliphatic carbocycles. The smallest absolute Gasteiger partial charge is 0.323 e. The summed E-state index contributed by atoms with van der Waals surface area (Å²) in [5, 5.41) is 10.5. The highest BCUT2D eigenvalue weighted by molar-refractivity contribution is 7.22. The number of carbonyl (C=O) groups excluding carboxylic acids is 1. The minimum atomic E-state index is -0.313. The molecule has 192 valence electrons. The second kappa shape index (κ2) is 12.2. The molecular formula is C27H28ClN5O3S.